The molecular formula is C20H22N2O2. The Morgan fingerprint density at radius 1 is 1.17 bits per heavy atom. The number of aromatic nitrogens is 1. The van der Waals surface area contributed by atoms with Crippen LogP contribution in [0.3, 0.4) is 0 Å². The first-order chi connectivity index (χ1) is 11.7. The number of pyridine rings is 1. The molecular weight excluding hydrogens is 300 g/mol. The van der Waals surface area contributed by atoms with E-state index in [0.717, 1.165) is 35.9 Å². The number of carbonyl (C=O) groups excluding carboxylic acids is 1. The minimum atomic E-state index is -0.0609. The molecule has 2 heterocycles. The van der Waals surface area contributed by atoms with Gasteiger partial charge in [0.2, 0.25) is 0 Å². The molecule has 1 aromatic carbocycles. The number of benzene rings is 1. The topological polar surface area (TPSA) is 55.1 Å². The third-order valence-corrected chi connectivity index (χ3v) is 4.02. The molecule has 0 atom stereocenters. The maximum atomic E-state index is 12.6. The number of aryl methyl sites for hydroxylation is 1. The second-order valence-corrected chi connectivity index (χ2v) is 5.95. The Morgan fingerprint density at radius 3 is 2.75 bits per heavy atom. The van der Waals surface area contributed by atoms with Crippen molar-refractivity contribution in [2.45, 2.75) is 33.1 Å². The first-order valence-corrected chi connectivity index (χ1v) is 8.44. The normalized spacial score (nSPS) is 10.9. The molecule has 0 spiro atoms. The number of furan rings is 1. The number of fused-ring (bicyclic) bond motifs is 1. The van der Waals surface area contributed by atoms with Gasteiger partial charge in [-0.15, -0.1) is 0 Å². The third-order valence-electron chi connectivity index (χ3n) is 4.02. The summed E-state index contributed by atoms with van der Waals surface area (Å²) >= 11 is 0. The molecule has 2 aromatic heterocycles. The van der Waals surface area contributed by atoms with Gasteiger partial charge in [-0.2, -0.15) is 0 Å². The summed E-state index contributed by atoms with van der Waals surface area (Å²) in [5, 5.41) is 3.87. The Morgan fingerprint density at radius 2 is 2.00 bits per heavy atom. The number of para-hydroxylation sites is 1. The van der Waals surface area contributed by atoms with Gasteiger partial charge >= 0.3 is 0 Å². The van der Waals surface area contributed by atoms with Crippen LogP contribution in [0.5, 0.6) is 0 Å². The minimum absolute atomic E-state index is 0.0609. The molecule has 0 aliphatic rings. The van der Waals surface area contributed by atoms with E-state index in [1.54, 1.807) is 0 Å². The van der Waals surface area contributed by atoms with Crippen LogP contribution in [0.1, 0.15) is 42.3 Å². The van der Waals surface area contributed by atoms with E-state index >= 15 is 0 Å². The minimum Gasteiger partial charge on any atom is -0.460 e. The molecule has 4 nitrogen and oxygen atoms in total. The zero-order valence-corrected chi connectivity index (χ0v) is 14.1. The molecule has 124 valence electrons. The van der Waals surface area contributed by atoms with E-state index < -0.39 is 0 Å². The highest BCUT2D eigenvalue weighted by Crippen LogP contribution is 2.26. The predicted octanol–water partition coefficient (Wildman–Crippen LogP) is 4.72. The lowest BCUT2D eigenvalue weighted by molar-refractivity contribution is 0.0954. The van der Waals surface area contributed by atoms with E-state index in [-0.39, 0.29) is 5.91 Å². The van der Waals surface area contributed by atoms with Crippen molar-refractivity contribution in [1.82, 2.24) is 10.3 Å². The summed E-state index contributed by atoms with van der Waals surface area (Å²) in [6.45, 7) is 4.74. The molecule has 0 fully saturated rings. The first-order valence-electron chi connectivity index (χ1n) is 8.44. The van der Waals surface area contributed by atoms with Gasteiger partial charge in [-0.05, 0) is 37.6 Å². The van der Waals surface area contributed by atoms with E-state index in [9.17, 15) is 4.79 Å². The fraction of sp³-hybridized carbons (Fsp3) is 0.300. The Kier molecular flexibility index (Phi) is 4.94. The van der Waals surface area contributed by atoms with Gasteiger partial charge in [0.05, 0.1) is 11.1 Å². The summed E-state index contributed by atoms with van der Waals surface area (Å²) in [6.07, 6.45) is 3.25. The van der Waals surface area contributed by atoms with Gasteiger partial charge in [-0.25, -0.2) is 4.98 Å². The van der Waals surface area contributed by atoms with E-state index in [1.165, 1.54) is 0 Å². The maximum Gasteiger partial charge on any atom is 0.252 e. The lowest BCUT2D eigenvalue weighted by atomic mass is 10.1. The average molecular weight is 322 g/mol. The molecule has 0 saturated carbocycles. The molecule has 0 radical (unpaired) electrons. The number of unbranched alkanes of at least 4 members (excludes halogenated alkanes) is 2. The van der Waals surface area contributed by atoms with Crippen molar-refractivity contribution in [3.05, 3.63) is 53.8 Å². The fourth-order valence-electron chi connectivity index (χ4n) is 2.73. The molecule has 24 heavy (non-hydrogen) atoms. The van der Waals surface area contributed by atoms with Gasteiger partial charge < -0.3 is 9.73 Å². The van der Waals surface area contributed by atoms with Crippen LogP contribution < -0.4 is 5.32 Å². The molecule has 0 bridgehead atoms. The van der Waals surface area contributed by atoms with Crippen LogP contribution in [0.4, 0.5) is 0 Å². The SMILES string of the molecule is CCCCCNC(=O)c1cc(-c2ccc(C)o2)nc2ccccc12. The maximum absolute atomic E-state index is 12.6. The average Bonchev–Trinajstić information content (AvgIpc) is 3.04. The van der Waals surface area contributed by atoms with Gasteiger partial charge in [-0.1, -0.05) is 38.0 Å². The molecule has 3 rings (SSSR count). The van der Waals surface area contributed by atoms with Crippen LogP contribution in [0.15, 0.2) is 46.9 Å². The van der Waals surface area contributed by atoms with E-state index in [0.29, 0.717) is 23.6 Å². The van der Waals surface area contributed by atoms with Crippen LogP contribution in [-0.4, -0.2) is 17.4 Å². The molecule has 4 heteroatoms. The molecule has 1 N–H and O–H groups in total. The summed E-state index contributed by atoms with van der Waals surface area (Å²) in [5.41, 5.74) is 2.12. The summed E-state index contributed by atoms with van der Waals surface area (Å²) in [4.78, 5) is 17.3. The van der Waals surface area contributed by atoms with Gasteiger partial charge in [0.1, 0.15) is 11.5 Å². The molecule has 3 aromatic rings. The van der Waals surface area contributed by atoms with Gasteiger partial charge in [0.25, 0.3) is 5.91 Å². The van der Waals surface area contributed by atoms with Crippen LogP contribution in [0, 0.1) is 6.92 Å². The number of rotatable bonds is 6. The summed E-state index contributed by atoms with van der Waals surface area (Å²) < 4.78 is 5.67. The molecule has 0 aliphatic heterocycles. The lowest BCUT2D eigenvalue weighted by Crippen LogP contribution is -2.24. The van der Waals surface area contributed by atoms with Gasteiger partial charge in [-0.3, -0.25) is 4.79 Å². The van der Waals surface area contributed by atoms with Crippen molar-refractivity contribution in [3.8, 4) is 11.5 Å². The van der Waals surface area contributed by atoms with Crippen LogP contribution in [0.25, 0.3) is 22.4 Å². The molecule has 0 saturated heterocycles. The summed E-state index contributed by atoms with van der Waals surface area (Å²) in [6, 6.07) is 13.3. The molecule has 0 unspecified atom stereocenters. The van der Waals surface area contributed by atoms with Crippen molar-refractivity contribution in [2.24, 2.45) is 0 Å². The standard InChI is InChI=1S/C20H22N2O2/c1-3-4-7-12-21-20(23)16-13-18(19-11-10-14(2)24-19)22-17-9-6-5-8-15(16)17/h5-6,8-11,13H,3-4,7,12H2,1-2H3,(H,21,23). The Bertz CT molecular complexity index is 852. The zero-order chi connectivity index (χ0) is 16.9. The zero-order valence-electron chi connectivity index (χ0n) is 14.1. The number of amides is 1. The monoisotopic (exact) mass is 322 g/mol. The highest BCUT2D eigenvalue weighted by molar-refractivity contribution is 6.07. The number of nitrogens with one attached hydrogen (secondary N) is 1. The third kappa shape index (κ3) is 3.48. The van der Waals surface area contributed by atoms with E-state index in [4.69, 9.17) is 4.42 Å². The molecule has 1 amide bonds. The van der Waals surface area contributed by atoms with Crippen molar-refractivity contribution < 1.29 is 9.21 Å². The first kappa shape index (κ1) is 16.2. The van der Waals surface area contributed by atoms with Gasteiger partial charge in [0, 0.05) is 11.9 Å². The predicted molar refractivity (Wildman–Crippen MR) is 96.0 cm³/mol. The van der Waals surface area contributed by atoms with Crippen molar-refractivity contribution in [1.29, 1.82) is 0 Å². The molecule has 0 aliphatic carbocycles. The second kappa shape index (κ2) is 7.30. The Hall–Kier alpha value is -2.62. The van der Waals surface area contributed by atoms with Gasteiger partial charge in [0.15, 0.2) is 5.76 Å². The Labute approximate surface area is 141 Å². The van der Waals surface area contributed by atoms with E-state index in [2.05, 4.69) is 17.2 Å². The second-order valence-electron chi connectivity index (χ2n) is 5.95. The smallest absolute Gasteiger partial charge is 0.252 e. The van der Waals surface area contributed by atoms with Crippen molar-refractivity contribution in [2.75, 3.05) is 6.54 Å². The number of hydrogen-bond donors (Lipinski definition) is 1. The number of hydrogen-bond acceptors (Lipinski definition) is 3. The fourth-order valence-corrected chi connectivity index (χ4v) is 2.73. The van der Waals surface area contributed by atoms with Crippen LogP contribution >= 0.6 is 0 Å². The summed E-state index contributed by atoms with van der Waals surface area (Å²) in [5.74, 6) is 1.44. The summed E-state index contributed by atoms with van der Waals surface area (Å²) in [7, 11) is 0. The quantitative estimate of drug-likeness (QED) is 0.668. The van der Waals surface area contributed by atoms with Crippen molar-refractivity contribution >= 4 is 16.8 Å². The highest BCUT2D eigenvalue weighted by atomic mass is 16.3. The van der Waals surface area contributed by atoms with Crippen LogP contribution in [0.2, 0.25) is 0 Å². The van der Waals surface area contributed by atoms with Crippen LogP contribution in [-0.2, 0) is 0 Å². The lowest BCUT2D eigenvalue weighted by Gasteiger charge is -2.09. The highest BCUT2D eigenvalue weighted by Gasteiger charge is 2.15. The number of carbonyl (C=O) groups is 1. The largest absolute Gasteiger partial charge is 0.460 e. The number of nitrogens with zero attached hydrogens (tertiary/aromatic N) is 1. The van der Waals surface area contributed by atoms with E-state index in [1.807, 2.05) is 49.4 Å². The Balaban J connectivity index is 1.97. The van der Waals surface area contributed by atoms with Crippen molar-refractivity contribution in [3.63, 3.8) is 0 Å².